The molecule has 0 aliphatic rings. The Kier molecular flexibility index (Phi) is 5.64. The molecule has 26 heavy (non-hydrogen) atoms. The first-order valence-electron chi connectivity index (χ1n) is 8.93. The van der Waals surface area contributed by atoms with Gasteiger partial charge in [-0.1, -0.05) is 42.0 Å². The van der Waals surface area contributed by atoms with Crippen molar-refractivity contribution in [3.8, 4) is 0 Å². The summed E-state index contributed by atoms with van der Waals surface area (Å²) in [4.78, 5) is 17.5. The van der Waals surface area contributed by atoms with Gasteiger partial charge in [-0.15, -0.1) is 0 Å². The summed E-state index contributed by atoms with van der Waals surface area (Å²) in [6.07, 6.45) is 1.32. The largest absolute Gasteiger partial charge is 0.396 e. The molecule has 1 unspecified atom stereocenters. The molecule has 0 saturated heterocycles. The lowest BCUT2D eigenvalue weighted by Crippen LogP contribution is -2.29. The number of hydrogen-bond donors (Lipinski definition) is 2. The van der Waals surface area contributed by atoms with E-state index < -0.39 is 0 Å². The van der Waals surface area contributed by atoms with Gasteiger partial charge in [-0.3, -0.25) is 9.78 Å². The molecule has 0 aliphatic carbocycles. The average Bonchev–Trinajstić information content (AvgIpc) is 2.65. The highest BCUT2D eigenvalue weighted by Gasteiger charge is 2.18. The van der Waals surface area contributed by atoms with Gasteiger partial charge < -0.3 is 10.4 Å². The van der Waals surface area contributed by atoms with Crippen LogP contribution in [0.25, 0.3) is 10.9 Å². The molecular weight excluding hydrogens is 324 g/mol. The Hall–Kier alpha value is -2.72. The Morgan fingerprint density at radius 2 is 1.88 bits per heavy atom. The molecule has 2 aromatic carbocycles. The summed E-state index contributed by atoms with van der Waals surface area (Å²) in [5, 5.41) is 13.3. The number of amides is 1. The van der Waals surface area contributed by atoms with Crippen molar-refractivity contribution in [2.75, 3.05) is 6.61 Å². The number of fused-ring (bicyclic) bond motifs is 1. The number of aliphatic hydroxyl groups excluding tert-OH is 1. The van der Waals surface area contributed by atoms with Gasteiger partial charge in [0.1, 0.15) is 0 Å². The van der Waals surface area contributed by atoms with Crippen LogP contribution in [0.2, 0.25) is 0 Å². The standard InChI is InChI=1S/C22H24N2O2/c1-15-10-11-21-18(13-15)14-19(16(2)23-21)22(26)24-20(9-6-12-25)17-7-4-3-5-8-17/h3-5,7-8,10-11,13-14,20,25H,6,9,12H2,1-2H3,(H,24,26). The first-order chi connectivity index (χ1) is 12.6. The van der Waals surface area contributed by atoms with E-state index in [0.717, 1.165) is 22.0 Å². The number of carbonyl (C=O) groups excluding carboxylic acids is 1. The van der Waals surface area contributed by atoms with Gasteiger partial charge in [0.25, 0.3) is 5.91 Å². The van der Waals surface area contributed by atoms with Crippen molar-refractivity contribution in [2.24, 2.45) is 0 Å². The molecule has 3 aromatic rings. The number of aromatic nitrogens is 1. The molecule has 0 spiro atoms. The minimum Gasteiger partial charge on any atom is -0.396 e. The highest BCUT2D eigenvalue weighted by Crippen LogP contribution is 2.22. The Bertz CT molecular complexity index is 907. The molecule has 4 heteroatoms. The van der Waals surface area contributed by atoms with Crippen molar-refractivity contribution in [1.82, 2.24) is 10.3 Å². The van der Waals surface area contributed by atoms with E-state index >= 15 is 0 Å². The van der Waals surface area contributed by atoms with Crippen LogP contribution < -0.4 is 5.32 Å². The van der Waals surface area contributed by atoms with Crippen LogP contribution in [0.15, 0.2) is 54.6 Å². The van der Waals surface area contributed by atoms with E-state index in [2.05, 4.69) is 10.3 Å². The van der Waals surface area contributed by atoms with Crippen molar-refractivity contribution in [3.05, 3.63) is 77.0 Å². The molecule has 134 valence electrons. The number of carbonyl (C=O) groups is 1. The summed E-state index contributed by atoms with van der Waals surface area (Å²) in [5.41, 5.74) is 4.38. The number of pyridine rings is 1. The summed E-state index contributed by atoms with van der Waals surface area (Å²) >= 11 is 0. The number of aryl methyl sites for hydroxylation is 2. The average molecular weight is 348 g/mol. The predicted octanol–water partition coefficient (Wildman–Crippen LogP) is 4.10. The van der Waals surface area contributed by atoms with E-state index in [-0.39, 0.29) is 18.6 Å². The van der Waals surface area contributed by atoms with Crippen molar-refractivity contribution < 1.29 is 9.90 Å². The van der Waals surface area contributed by atoms with Gasteiger partial charge in [0, 0.05) is 12.0 Å². The van der Waals surface area contributed by atoms with Crippen molar-refractivity contribution in [3.63, 3.8) is 0 Å². The number of aliphatic hydroxyl groups is 1. The first-order valence-corrected chi connectivity index (χ1v) is 8.93. The second kappa shape index (κ2) is 8.11. The summed E-state index contributed by atoms with van der Waals surface area (Å²) < 4.78 is 0. The summed E-state index contributed by atoms with van der Waals surface area (Å²) in [6, 6.07) is 17.7. The van der Waals surface area contributed by atoms with E-state index in [9.17, 15) is 9.90 Å². The molecule has 1 aromatic heterocycles. The third kappa shape index (κ3) is 4.09. The van der Waals surface area contributed by atoms with Crippen molar-refractivity contribution >= 4 is 16.8 Å². The molecule has 0 aliphatic heterocycles. The topological polar surface area (TPSA) is 62.2 Å². The third-order valence-corrected chi connectivity index (χ3v) is 4.56. The van der Waals surface area contributed by atoms with E-state index in [4.69, 9.17) is 0 Å². The molecule has 0 bridgehead atoms. The van der Waals surface area contributed by atoms with Gasteiger partial charge in [0.05, 0.1) is 22.8 Å². The zero-order valence-corrected chi connectivity index (χ0v) is 15.2. The number of nitrogens with zero attached hydrogens (tertiary/aromatic N) is 1. The smallest absolute Gasteiger partial charge is 0.253 e. The monoisotopic (exact) mass is 348 g/mol. The van der Waals surface area contributed by atoms with Crippen molar-refractivity contribution in [1.29, 1.82) is 0 Å². The zero-order chi connectivity index (χ0) is 18.5. The molecule has 0 radical (unpaired) electrons. The molecule has 1 atom stereocenters. The fraction of sp³-hybridized carbons (Fsp3) is 0.273. The lowest BCUT2D eigenvalue weighted by atomic mass is 10.0. The van der Waals surface area contributed by atoms with Crippen LogP contribution in [-0.4, -0.2) is 22.6 Å². The number of rotatable bonds is 6. The zero-order valence-electron chi connectivity index (χ0n) is 15.2. The van der Waals surface area contributed by atoms with Gasteiger partial charge in [0.2, 0.25) is 0 Å². The van der Waals surface area contributed by atoms with Gasteiger partial charge >= 0.3 is 0 Å². The molecule has 1 amide bonds. The normalized spacial score (nSPS) is 12.1. The SMILES string of the molecule is Cc1ccc2nc(C)c(C(=O)NC(CCCO)c3ccccc3)cc2c1. The van der Waals surface area contributed by atoms with E-state index in [1.54, 1.807) is 0 Å². The van der Waals surface area contributed by atoms with Gasteiger partial charge in [-0.25, -0.2) is 0 Å². The lowest BCUT2D eigenvalue weighted by molar-refractivity contribution is 0.0931. The molecule has 4 nitrogen and oxygen atoms in total. The minimum absolute atomic E-state index is 0.106. The second-order valence-corrected chi connectivity index (χ2v) is 6.62. The Balaban J connectivity index is 1.89. The van der Waals surface area contributed by atoms with Crippen LogP contribution in [0.3, 0.4) is 0 Å². The first kappa shape index (κ1) is 18.1. The quantitative estimate of drug-likeness (QED) is 0.705. The molecule has 0 fully saturated rings. The van der Waals surface area contributed by atoms with Crippen LogP contribution in [-0.2, 0) is 0 Å². The predicted molar refractivity (Wildman–Crippen MR) is 104 cm³/mol. The van der Waals surface area contributed by atoms with Crippen LogP contribution in [0.1, 0.15) is 46.1 Å². The summed E-state index contributed by atoms with van der Waals surface area (Å²) in [7, 11) is 0. The number of benzene rings is 2. The molecule has 1 heterocycles. The third-order valence-electron chi connectivity index (χ3n) is 4.56. The number of nitrogens with one attached hydrogen (secondary N) is 1. The molecule has 0 saturated carbocycles. The van der Waals surface area contributed by atoms with E-state index in [1.165, 1.54) is 0 Å². The highest BCUT2D eigenvalue weighted by molar-refractivity contribution is 5.98. The minimum atomic E-state index is -0.136. The van der Waals surface area contributed by atoms with E-state index in [0.29, 0.717) is 24.1 Å². The molecule has 2 N–H and O–H groups in total. The van der Waals surface area contributed by atoms with Crippen LogP contribution in [0.5, 0.6) is 0 Å². The van der Waals surface area contributed by atoms with Crippen LogP contribution >= 0.6 is 0 Å². The Morgan fingerprint density at radius 1 is 1.12 bits per heavy atom. The van der Waals surface area contributed by atoms with Crippen LogP contribution in [0.4, 0.5) is 0 Å². The molecule has 3 rings (SSSR count). The summed E-state index contributed by atoms with van der Waals surface area (Å²) in [6.45, 7) is 3.99. The van der Waals surface area contributed by atoms with Gasteiger partial charge in [-0.2, -0.15) is 0 Å². The maximum absolute atomic E-state index is 12.9. The molecular formula is C22H24N2O2. The van der Waals surface area contributed by atoms with Gasteiger partial charge in [0.15, 0.2) is 0 Å². The van der Waals surface area contributed by atoms with Crippen molar-refractivity contribution in [2.45, 2.75) is 32.7 Å². The Labute approximate surface area is 153 Å². The Morgan fingerprint density at radius 3 is 2.62 bits per heavy atom. The summed E-state index contributed by atoms with van der Waals surface area (Å²) in [5.74, 6) is -0.134. The number of hydrogen-bond acceptors (Lipinski definition) is 3. The van der Waals surface area contributed by atoms with Crippen LogP contribution in [0, 0.1) is 13.8 Å². The maximum Gasteiger partial charge on any atom is 0.253 e. The second-order valence-electron chi connectivity index (χ2n) is 6.62. The highest BCUT2D eigenvalue weighted by atomic mass is 16.3. The maximum atomic E-state index is 12.9. The lowest BCUT2D eigenvalue weighted by Gasteiger charge is -2.19. The fourth-order valence-corrected chi connectivity index (χ4v) is 3.16. The van der Waals surface area contributed by atoms with Gasteiger partial charge in [-0.05, 0) is 50.5 Å². The fourth-order valence-electron chi connectivity index (χ4n) is 3.16. The van der Waals surface area contributed by atoms with E-state index in [1.807, 2.05) is 68.4 Å².